The summed E-state index contributed by atoms with van der Waals surface area (Å²) in [5, 5.41) is 0. The van der Waals surface area contributed by atoms with Crippen molar-refractivity contribution < 1.29 is 28.6 Å². The zero-order valence-electron chi connectivity index (χ0n) is 15.9. The Balaban J connectivity index is 1.93. The molecular formula is C21H26O6. The summed E-state index contributed by atoms with van der Waals surface area (Å²) in [4.78, 5) is 39.2. The minimum absolute atomic E-state index is 0.208. The van der Waals surface area contributed by atoms with Crippen LogP contribution in [0.5, 0.6) is 0 Å². The molecule has 1 heterocycles. The number of carbonyl (C=O) groups is 3. The molecule has 3 fully saturated rings. The number of carbonyl (C=O) groups excluding carboxylic acids is 3. The molecule has 5 rings (SSSR count). The molecule has 1 saturated heterocycles. The number of ketones is 1. The summed E-state index contributed by atoms with van der Waals surface area (Å²) in [5.74, 6) is -2.11. The molecule has 0 amide bonds. The summed E-state index contributed by atoms with van der Waals surface area (Å²) < 4.78 is 17.2. The molecule has 1 aliphatic heterocycles. The van der Waals surface area contributed by atoms with Crippen molar-refractivity contribution in [2.45, 2.75) is 50.2 Å². The van der Waals surface area contributed by atoms with Gasteiger partial charge in [-0.15, -0.1) is 6.58 Å². The molecule has 6 nitrogen and oxygen atoms in total. The number of Topliss-reactive ketones (excluding diaryl/α,β-unsaturated/α-hetero) is 1. The van der Waals surface area contributed by atoms with Gasteiger partial charge in [0.1, 0.15) is 5.60 Å². The molecule has 0 aromatic heterocycles. The van der Waals surface area contributed by atoms with E-state index in [1.807, 2.05) is 6.08 Å². The largest absolute Gasteiger partial charge is 0.466 e. The maximum atomic E-state index is 13.8. The molecule has 1 spiro atoms. The zero-order valence-corrected chi connectivity index (χ0v) is 15.9. The molecule has 2 saturated carbocycles. The van der Waals surface area contributed by atoms with Crippen LogP contribution < -0.4 is 0 Å². The Morgan fingerprint density at radius 1 is 1.41 bits per heavy atom. The Kier molecular flexibility index (Phi) is 4.11. The van der Waals surface area contributed by atoms with Crippen molar-refractivity contribution >= 4 is 17.7 Å². The number of ether oxygens (including phenoxy) is 3. The lowest BCUT2D eigenvalue weighted by molar-refractivity contribution is -0.259. The molecule has 4 bridgehead atoms. The van der Waals surface area contributed by atoms with Gasteiger partial charge in [-0.2, -0.15) is 0 Å². The van der Waals surface area contributed by atoms with Crippen molar-refractivity contribution in [3.05, 3.63) is 24.8 Å². The SMILES string of the molecule is C=CCCC1(C(=O)OCC)C2C=CC3(OC)C1CC[C@H]1CC(=O)OC13C2=O. The van der Waals surface area contributed by atoms with Gasteiger partial charge in [-0.05, 0) is 32.6 Å². The molecule has 4 aliphatic carbocycles. The lowest BCUT2D eigenvalue weighted by atomic mass is 9.39. The van der Waals surface area contributed by atoms with E-state index in [-0.39, 0.29) is 42.6 Å². The number of hydrogen-bond donors (Lipinski definition) is 0. The highest BCUT2D eigenvalue weighted by molar-refractivity contribution is 6.04. The van der Waals surface area contributed by atoms with E-state index in [0.717, 1.165) is 0 Å². The molecule has 0 radical (unpaired) electrons. The normalized spacial score (nSPS) is 44.0. The Hall–Kier alpha value is -1.95. The van der Waals surface area contributed by atoms with E-state index in [9.17, 15) is 14.4 Å². The molecule has 146 valence electrons. The first-order chi connectivity index (χ1) is 12.9. The van der Waals surface area contributed by atoms with Crippen LogP contribution in [0, 0.1) is 23.2 Å². The van der Waals surface area contributed by atoms with Crippen LogP contribution >= 0.6 is 0 Å². The van der Waals surface area contributed by atoms with Crippen molar-refractivity contribution in [2.75, 3.05) is 13.7 Å². The van der Waals surface area contributed by atoms with Crippen molar-refractivity contribution in [1.82, 2.24) is 0 Å². The van der Waals surface area contributed by atoms with Crippen molar-refractivity contribution in [1.29, 1.82) is 0 Å². The summed E-state index contributed by atoms with van der Waals surface area (Å²) in [6.45, 7) is 5.80. The minimum atomic E-state index is -1.31. The van der Waals surface area contributed by atoms with Crippen LogP contribution in [-0.2, 0) is 28.6 Å². The van der Waals surface area contributed by atoms with Crippen molar-refractivity contribution in [3.63, 3.8) is 0 Å². The summed E-state index contributed by atoms with van der Waals surface area (Å²) in [6, 6.07) is 0. The Labute approximate surface area is 158 Å². The van der Waals surface area contributed by atoms with Crippen LogP contribution in [0.15, 0.2) is 24.8 Å². The van der Waals surface area contributed by atoms with E-state index in [0.29, 0.717) is 25.7 Å². The predicted molar refractivity (Wildman–Crippen MR) is 95.5 cm³/mol. The molecular weight excluding hydrogens is 348 g/mol. The van der Waals surface area contributed by atoms with Gasteiger partial charge in [0, 0.05) is 18.9 Å². The first-order valence-electron chi connectivity index (χ1n) is 9.73. The Morgan fingerprint density at radius 2 is 2.19 bits per heavy atom. The molecule has 0 aromatic carbocycles. The van der Waals surface area contributed by atoms with Crippen LogP contribution in [0.4, 0.5) is 0 Å². The monoisotopic (exact) mass is 374 g/mol. The fraction of sp³-hybridized carbons (Fsp3) is 0.667. The van der Waals surface area contributed by atoms with Gasteiger partial charge >= 0.3 is 11.9 Å². The molecule has 5 aliphatic rings. The van der Waals surface area contributed by atoms with E-state index in [1.54, 1.807) is 19.1 Å². The van der Waals surface area contributed by atoms with E-state index in [4.69, 9.17) is 14.2 Å². The smallest absolute Gasteiger partial charge is 0.313 e. The third-order valence-corrected chi connectivity index (χ3v) is 7.28. The number of esters is 2. The average Bonchev–Trinajstić information content (AvgIpc) is 3.01. The average molecular weight is 374 g/mol. The predicted octanol–water partition coefficient (Wildman–Crippen LogP) is 2.37. The fourth-order valence-corrected chi connectivity index (χ4v) is 6.37. The lowest BCUT2D eigenvalue weighted by Gasteiger charge is -2.66. The molecule has 27 heavy (non-hydrogen) atoms. The Morgan fingerprint density at radius 3 is 2.85 bits per heavy atom. The van der Waals surface area contributed by atoms with E-state index < -0.39 is 22.5 Å². The van der Waals surface area contributed by atoms with E-state index in [1.165, 1.54) is 7.11 Å². The third kappa shape index (κ3) is 1.92. The summed E-state index contributed by atoms with van der Waals surface area (Å²) in [7, 11) is 1.54. The van der Waals surface area contributed by atoms with Crippen LogP contribution in [0.25, 0.3) is 0 Å². The number of rotatable bonds is 6. The molecule has 5 unspecified atom stereocenters. The number of methoxy groups -OCH3 is 1. The molecule has 0 aromatic rings. The maximum Gasteiger partial charge on any atom is 0.313 e. The highest BCUT2D eigenvalue weighted by atomic mass is 16.6. The fourth-order valence-electron chi connectivity index (χ4n) is 6.37. The van der Waals surface area contributed by atoms with Crippen molar-refractivity contribution in [2.24, 2.45) is 23.2 Å². The van der Waals surface area contributed by atoms with Gasteiger partial charge in [0.15, 0.2) is 5.78 Å². The zero-order chi connectivity index (χ0) is 19.4. The number of hydrogen-bond acceptors (Lipinski definition) is 6. The lowest BCUT2D eigenvalue weighted by Crippen LogP contribution is -2.80. The van der Waals surface area contributed by atoms with Crippen LogP contribution in [0.1, 0.15) is 39.0 Å². The van der Waals surface area contributed by atoms with E-state index in [2.05, 4.69) is 6.58 Å². The van der Waals surface area contributed by atoms with Crippen LogP contribution in [0.2, 0.25) is 0 Å². The minimum Gasteiger partial charge on any atom is -0.466 e. The first kappa shape index (κ1) is 18.4. The van der Waals surface area contributed by atoms with Gasteiger partial charge in [0.2, 0.25) is 5.60 Å². The molecule has 6 atom stereocenters. The number of allylic oxidation sites excluding steroid dienone is 2. The van der Waals surface area contributed by atoms with Gasteiger partial charge in [0.25, 0.3) is 0 Å². The van der Waals surface area contributed by atoms with Gasteiger partial charge < -0.3 is 14.2 Å². The van der Waals surface area contributed by atoms with Crippen molar-refractivity contribution in [3.8, 4) is 0 Å². The van der Waals surface area contributed by atoms with E-state index >= 15 is 0 Å². The van der Waals surface area contributed by atoms with Gasteiger partial charge in [-0.25, -0.2) is 0 Å². The third-order valence-electron chi connectivity index (χ3n) is 7.28. The Bertz CT molecular complexity index is 741. The van der Waals surface area contributed by atoms with Crippen LogP contribution in [-0.4, -0.2) is 42.6 Å². The molecule has 0 N–H and O–H groups in total. The topological polar surface area (TPSA) is 78.9 Å². The summed E-state index contributed by atoms with van der Waals surface area (Å²) >= 11 is 0. The van der Waals surface area contributed by atoms with Gasteiger partial charge in [-0.1, -0.05) is 18.2 Å². The molecule has 6 heteroatoms. The second-order valence-corrected chi connectivity index (χ2v) is 8.03. The highest BCUT2D eigenvalue weighted by Crippen LogP contribution is 2.69. The maximum absolute atomic E-state index is 13.8. The summed E-state index contributed by atoms with van der Waals surface area (Å²) in [6.07, 6.45) is 8.02. The second kappa shape index (κ2) is 6.03. The highest BCUT2D eigenvalue weighted by Gasteiger charge is 2.82. The van der Waals surface area contributed by atoms with Crippen LogP contribution in [0.3, 0.4) is 0 Å². The van der Waals surface area contributed by atoms with Gasteiger partial charge in [0.05, 0.1) is 24.4 Å². The first-order valence-corrected chi connectivity index (χ1v) is 9.73. The standard InChI is InChI=1S/C21H26O6/c1-4-6-10-19(18(24)26-5-2)14-9-11-20(25-3)15(19)8-7-13-12-16(22)27-21(13,20)17(14)23/h4,9,11,13-15H,1,5-8,10,12H2,2-3H3/t13-,14?,15?,19?,20?,21?/m0/s1. The quantitative estimate of drug-likeness (QED) is 0.525. The second-order valence-electron chi connectivity index (χ2n) is 8.03. The summed E-state index contributed by atoms with van der Waals surface area (Å²) in [5.41, 5.74) is -3.45. The van der Waals surface area contributed by atoms with Gasteiger partial charge in [-0.3, -0.25) is 14.4 Å².